The zero-order valence-corrected chi connectivity index (χ0v) is 15.3. The molecule has 3 rings (SSSR count). The second-order valence-electron chi connectivity index (χ2n) is 6.28. The van der Waals surface area contributed by atoms with Crippen molar-refractivity contribution in [3.63, 3.8) is 0 Å². The van der Waals surface area contributed by atoms with E-state index < -0.39 is 5.82 Å². The first-order valence-corrected chi connectivity index (χ1v) is 9.01. The number of hydrogen-bond donors (Lipinski definition) is 1. The minimum absolute atomic E-state index is 0.00295. The average molecular weight is 382 g/mol. The molecule has 2 aromatic heterocycles. The Balaban J connectivity index is 1.53. The fourth-order valence-corrected chi connectivity index (χ4v) is 3.13. The van der Waals surface area contributed by atoms with Crippen LogP contribution in [0, 0.1) is 11.7 Å². The largest absolute Gasteiger partial charge is 0.465 e. The third-order valence-corrected chi connectivity index (χ3v) is 4.56. The molecule has 0 saturated carbocycles. The number of esters is 1. The maximum atomic E-state index is 13.9. The molecule has 26 heavy (non-hydrogen) atoms. The van der Waals surface area contributed by atoms with Crippen LogP contribution in [-0.2, 0) is 23.0 Å². The van der Waals surface area contributed by atoms with Crippen molar-refractivity contribution in [1.82, 2.24) is 25.1 Å². The number of ether oxygens (including phenoxy) is 1. The molecule has 0 unspecified atom stereocenters. The minimum Gasteiger partial charge on any atom is -0.465 e. The first-order chi connectivity index (χ1) is 12.5. The van der Waals surface area contributed by atoms with Crippen LogP contribution in [0.5, 0.6) is 0 Å². The van der Waals surface area contributed by atoms with Gasteiger partial charge in [-0.25, -0.2) is 14.4 Å². The Labute approximate surface area is 155 Å². The van der Waals surface area contributed by atoms with E-state index in [9.17, 15) is 9.18 Å². The lowest BCUT2D eigenvalue weighted by molar-refractivity contribution is -0.149. The Bertz CT molecular complexity index is 777. The predicted octanol–water partition coefficient (Wildman–Crippen LogP) is 2.14. The Morgan fingerprint density at radius 1 is 1.46 bits per heavy atom. The number of aryl methyl sites for hydroxylation is 2. The number of carbonyl (C=O) groups excluding carboxylic acids is 1. The Morgan fingerprint density at radius 3 is 3.00 bits per heavy atom. The first kappa shape index (κ1) is 18.7. The topological polar surface area (TPSA) is 81.9 Å². The summed E-state index contributed by atoms with van der Waals surface area (Å²) in [4.78, 5) is 19.5. The number of nitrogens with zero attached hydrogens (tertiary/aromatic N) is 4. The van der Waals surface area contributed by atoms with E-state index in [0.29, 0.717) is 25.1 Å². The van der Waals surface area contributed by atoms with Crippen molar-refractivity contribution in [1.29, 1.82) is 0 Å². The highest BCUT2D eigenvalue weighted by molar-refractivity contribution is 6.28. The van der Waals surface area contributed by atoms with Gasteiger partial charge in [-0.05, 0) is 56.4 Å². The van der Waals surface area contributed by atoms with E-state index in [2.05, 4.69) is 20.4 Å². The maximum Gasteiger partial charge on any atom is 0.309 e. The molecule has 1 aliphatic heterocycles. The average Bonchev–Trinajstić information content (AvgIpc) is 3.02. The molecule has 1 aliphatic rings. The molecule has 0 spiro atoms. The highest BCUT2D eigenvalue weighted by atomic mass is 35.5. The lowest BCUT2D eigenvalue weighted by Gasteiger charge is -2.20. The van der Waals surface area contributed by atoms with Crippen LogP contribution < -0.4 is 5.32 Å². The third-order valence-electron chi connectivity index (χ3n) is 4.38. The fraction of sp³-hybridized carbons (Fsp3) is 0.529. The standard InChI is InChI=1S/C17H21ClFN5O2/c1-24-14(15-13(19)10-21-17(18)22-15)9-12(23-24)3-2-8-26-16(25)11-4-6-20-7-5-11/h9-11,20H,2-8H2,1H3. The van der Waals surface area contributed by atoms with Gasteiger partial charge in [0.05, 0.1) is 30.1 Å². The quantitative estimate of drug-likeness (QED) is 0.469. The number of piperidine rings is 1. The van der Waals surface area contributed by atoms with Gasteiger partial charge in [-0.3, -0.25) is 9.48 Å². The van der Waals surface area contributed by atoms with Gasteiger partial charge in [-0.1, -0.05) is 0 Å². The lowest BCUT2D eigenvalue weighted by atomic mass is 9.99. The minimum atomic E-state index is -0.556. The fourth-order valence-electron chi connectivity index (χ4n) is 3.00. The molecule has 0 atom stereocenters. The number of carbonyl (C=O) groups is 1. The van der Waals surface area contributed by atoms with Crippen molar-refractivity contribution in [2.24, 2.45) is 13.0 Å². The Hall–Kier alpha value is -2.06. The number of aromatic nitrogens is 4. The van der Waals surface area contributed by atoms with Crippen molar-refractivity contribution in [2.75, 3.05) is 19.7 Å². The predicted molar refractivity (Wildman–Crippen MR) is 94.1 cm³/mol. The monoisotopic (exact) mass is 381 g/mol. The van der Waals surface area contributed by atoms with Gasteiger partial charge in [-0.15, -0.1) is 0 Å². The van der Waals surface area contributed by atoms with E-state index in [1.807, 2.05) is 0 Å². The third kappa shape index (κ3) is 4.56. The molecule has 0 amide bonds. The zero-order valence-electron chi connectivity index (χ0n) is 14.5. The van der Waals surface area contributed by atoms with E-state index in [0.717, 1.165) is 37.8 Å². The van der Waals surface area contributed by atoms with Crippen molar-refractivity contribution in [2.45, 2.75) is 25.7 Å². The van der Waals surface area contributed by atoms with Crippen LogP contribution in [0.25, 0.3) is 11.4 Å². The molecule has 2 aromatic rings. The number of nitrogens with one attached hydrogen (secondary N) is 1. The van der Waals surface area contributed by atoms with Crippen LogP contribution in [0.15, 0.2) is 12.3 Å². The molecular formula is C17H21ClFN5O2. The van der Waals surface area contributed by atoms with Gasteiger partial charge in [0.15, 0.2) is 5.82 Å². The van der Waals surface area contributed by atoms with Crippen LogP contribution >= 0.6 is 11.6 Å². The van der Waals surface area contributed by atoms with Gasteiger partial charge in [0.2, 0.25) is 5.28 Å². The van der Waals surface area contributed by atoms with Gasteiger partial charge in [0.25, 0.3) is 0 Å². The molecule has 3 heterocycles. The summed E-state index contributed by atoms with van der Waals surface area (Å²) in [5.74, 6) is -0.672. The SMILES string of the molecule is Cn1nc(CCCOC(=O)C2CCNCC2)cc1-c1nc(Cl)ncc1F. The van der Waals surface area contributed by atoms with Crippen molar-refractivity contribution in [3.05, 3.63) is 29.1 Å². The molecule has 7 nitrogen and oxygen atoms in total. The lowest BCUT2D eigenvalue weighted by Crippen LogP contribution is -2.32. The van der Waals surface area contributed by atoms with Crippen LogP contribution in [0.4, 0.5) is 4.39 Å². The summed E-state index contributed by atoms with van der Waals surface area (Å²) in [7, 11) is 1.71. The molecule has 0 radical (unpaired) electrons. The molecule has 9 heteroatoms. The molecule has 1 N–H and O–H groups in total. The van der Waals surface area contributed by atoms with Crippen LogP contribution in [-0.4, -0.2) is 45.4 Å². The van der Waals surface area contributed by atoms with Gasteiger partial charge in [-0.2, -0.15) is 5.10 Å². The molecular weight excluding hydrogens is 361 g/mol. The van der Waals surface area contributed by atoms with E-state index in [1.54, 1.807) is 17.8 Å². The highest BCUT2D eigenvalue weighted by Gasteiger charge is 2.22. The summed E-state index contributed by atoms with van der Waals surface area (Å²) in [6, 6.07) is 1.76. The molecule has 0 bridgehead atoms. The second-order valence-corrected chi connectivity index (χ2v) is 6.61. The second kappa shape index (κ2) is 8.55. The molecule has 1 fully saturated rings. The van der Waals surface area contributed by atoms with Gasteiger partial charge >= 0.3 is 5.97 Å². The summed E-state index contributed by atoms with van der Waals surface area (Å²) in [6.07, 6.45) is 3.97. The van der Waals surface area contributed by atoms with Gasteiger partial charge in [0, 0.05) is 7.05 Å². The number of hydrogen-bond acceptors (Lipinski definition) is 6. The van der Waals surface area contributed by atoms with E-state index in [1.165, 1.54) is 0 Å². The highest BCUT2D eigenvalue weighted by Crippen LogP contribution is 2.22. The van der Waals surface area contributed by atoms with E-state index >= 15 is 0 Å². The smallest absolute Gasteiger partial charge is 0.309 e. The first-order valence-electron chi connectivity index (χ1n) is 8.63. The van der Waals surface area contributed by atoms with Gasteiger partial charge < -0.3 is 10.1 Å². The van der Waals surface area contributed by atoms with Crippen LogP contribution in [0.2, 0.25) is 5.28 Å². The normalized spacial score (nSPS) is 15.2. The summed E-state index contributed by atoms with van der Waals surface area (Å²) >= 11 is 5.75. The molecule has 0 aromatic carbocycles. The van der Waals surface area contributed by atoms with Crippen LogP contribution in [0.1, 0.15) is 25.0 Å². The summed E-state index contributed by atoms with van der Waals surface area (Å²) in [6.45, 7) is 2.07. The molecule has 1 saturated heterocycles. The van der Waals surface area contributed by atoms with Crippen molar-refractivity contribution < 1.29 is 13.9 Å². The van der Waals surface area contributed by atoms with E-state index in [4.69, 9.17) is 16.3 Å². The number of halogens is 2. The van der Waals surface area contributed by atoms with Gasteiger partial charge in [0.1, 0.15) is 5.69 Å². The number of rotatable bonds is 6. The zero-order chi connectivity index (χ0) is 18.5. The van der Waals surface area contributed by atoms with Crippen molar-refractivity contribution in [3.8, 4) is 11.4 Å². The molecule has 140 valence electrons. The van der Waals surface area contributed by atoms with Crippen molar-refractivity contribution >= 4 is 17.6 Å². The Kier molecular flexibility index (Phi) is 6.16. The summed E-state index contributed by atoms with van der Waals surface area (Å²) in [5, 5.41) is 7.57. The Morgan fingerprint density at radius 2 is 2.23 bits per heavy atom. The van der Waals surface area contributed by atoms with E-state index in [-0.39, 0.29) is 22.9 Å². The maximum absolute atomic E-state index is 13.9. The summed E-state index contributed by atoms with van der Waals surface area (Å²) < 4.78 is 20.8. The van der Waals surface area contributed by atoms with Crippen LogP contribution in [0.3, 0.4) is 0 Å². The molecule has 0 aliphatic carbocycles. The summed E-state index contributed by atoms with van der Waals surface area (Å²) in [5.41, 5.74) is 1.41.